The molecule has 0 aromatic rings. The Morgan fingerprint density at radius 1 is 1.50 bits per heavy atom. The molecule has 0 aliphatic carbocycles. The van der Waals surface area contributed by atoms with Gasteiger partial charge in [-0.1, -0.05) is 43.6 Å². The van der Waals surface area contributed by atoms with E-state index in [1.54, 1.807) is 0 Å². The minimum atomic E-state index is -0.222. The van der Waals surface area contributed by atoms with Crippen molar-refractivity contribution in [3.63, 3.8) is 0 Å². The molecule has 0 aromatic carbocycles. The first kappa shape index (κ1) is 13.9. The smallest absolute Gasteiger partial charge is 0.225 e. The van der Waals surface area contributed by atoms with E-state index in [1.165, 1.54) is 0 Å². The highest BCUT2D eigenvalue weighted by Crippen LogP contribution is 2.19. The van der Waals surface area contributed by atoms with Crippen LogP contribution in [0.5, 0.6) is 0 Å². The molecule has 0 aliphatic rings. The van der Waals surface area contributed by atoms with Crippen molar-refractivity contribution in [2.75, 3.05) is 6.54 Å². The van der Waals surface area contributed by atoms with Gasteiger partial charge in [0, 0.05) is 16.8 Å². The number of hydrogen-bond acceptors (Lipinski definition) is 1. The van der Waals surface area contributed by atoms with E-state index in [-0.39, 0.29) is 11.3 Å². The van der Waals surface area contributed by atoms with Crippen LogP contribution in [0.25, 0.3) is 0 Å². The zero-order valence-corrected chi connectivity index (χ0v) is 11.3. The second-order valence-electron chi connectivity index (χ2n) is 4.42. The maximum absolute atomic E-state index is 11.6. The lowest BCUT2D eigenvalue weighted by Gasteiger charge is -2.21. The molecule has 1 amide bonds. The minimum Gasteiger partial charge on any atom is -0.356 e. The van der Waals surface area contributed by atoms with Crippen LogP contribution in [-0.4, -0.2) is 17.3 Å². The van der Waals surface area contributed by atoms with Crippen molar-refractivity contribution in [3.05, 3.63) is 0 Å². The van der Waals surface area contributed by atoms with E-state index in [9.17, 15) is 4.79 Å². The summed E-state index contributed by atoms with van der Waals surface area (Å²) in [5.41, 5.74) is -0.222. The van der Waals surface area contributed by atoms with Crippen molar-refractivity contribution in [2.24, 2.45) is 5.41 Å². The molecule has 0 heterocycles. The number of carbonyl (C=O) groups excluding carboxylic acids is 1. The highest BCUT2D eigenvalue weighted by atomic mass is 79.9. The Kier molecular flexibility index (Phi) is 6.41. The first-order valence-corrected chi connectivity index (χ1v) is 6.24. The second-order valence-corrected chi connectivity index (χ2v) is 5.98. The summed E-state index contributed by atoms with van der Waals surface area (Å²) in [5, 5.41) is 2.97. The van der Waals surface area contributed by atoms with Crippen LogP contribution >= 0.6 is 15.9 Å². The second kappa shape index (κ2) is 6.44. The predicted octanol–water partition coefficient (Wildman–Crippen LogP) is 3.10. The fourth-order valence-corrected chi connectivity index (χ4v) is 1.31. The third-order valence-corrected chi connectivity index (χ3v) is 3.02. The zero-order chi connectivity index (χ0) is 11.2. The molecule has 1 atom stereocenters. The average Bonchev–Trinajstić information content (AvgIpc) is 2.11. The van der Waals surface area contributed by atoms with Gasteiger partial charge in [0.2, 0.25) is 5.91 Å². The number of alkyl halides is 1. The van der Waals surface area contributed by atoms with Gasteiger partial charge in [0.1, 0.15) is 0 Å². The normalized spacial score (nSPS) is 13.8. The predicted molar refractivity (Wildman–Crippen MR) is 64.7 cm³/mol. The standard InChI is InChI=1S/C11H22BrNO/c1-5-11(3,4)10(14)13-8-6-7-9(2)12/h9H,5-8H2,1-4H3,(H,13,14). The van der Waals surface area contributed by atoms with Crippen molar-refractivity contribution in [1.29, 1.82) is 0 Å². The van der Waals surface area contributed by atoms with Gasteiger partial charge in [0.05, 0.1) is 0 Å². The highest BCUT2D eigenvalue weighted by Gasteiger charge is 2.24. The quantitative estimate of drug-likeness (QED) is 0.579. The molecule has 0 spiro atoms. The van der Waals surface area contributed by atoms with Crippen LogP contribution in [0, 0.1) is 5.41 Å². The molecule has 0 radical (unpaired) electrons. The molecule has 0 aliphatic heterocycles. The van der Waals surface area contributed by atoms with Crippen molar-refractivity contribution in [3.8, 4) is 0 Å². The van der Waals surface area contributed by atoms with E-state index < -0.39 is 0 Å². The fourth-order valence-electron chi connectivity index (χ4n) is 0.985. The topological polar surface area (TPSA) is 29.1 Å². The maximum Gasteiger partial charge on any atom is 0.225 e. The Balaban J connectivity index is 3.64. The summed E-state index contributed by atoms with van der Waals surface area (Å²) in [5.74, 6) is 0.169. The number of nitrogens with one attached hydrogen (secondary N) is 1. The summed E-state index contributed by atoms with van der Waals surface area (Å²) in [6.45, 7) is 8.92. The first-order chi connectivity index (χ1) is 6.40. The van der Waals surface area contributed by atoms with Crippen molar-refractivity contribution >= 4 is 21.8 Å². The number of halogens is 1. The summed E-state index contributed by atoms with van der Waals surface area (Å²) in [7, 11) is 0. The van der Waals surface area contributed by atoms with Crippen LogP contribution in [0.2, 0.25) is 0 Å². The maximum atomic E-state index is 11.6. The Bertz CT molecular complexity index is 178. The SMILES string of the molecule is CCC(C)(C)C(=O)NCCCC(C)Br. The van der Waals surface area contributed by atoms with Crippen molar-refractivity contribution in [1.82, 2.24) is 5.32 Å². The molecular weight excluding hydrogens is 242 g/mol. The largest absolute Gasteiger partial charge is 0.356 e. The van der Waals surface area contributed by atoms with E-state index in [0.717, 1.165) is 25.8 Å². The third-order valence-electron chi connectivity index (χ3n) is 2.56. The van der Waals surface area contributed by atoms with Gasteiger partial charge in [-0.15, -0.1) is 0 Å². The summed E-state index contributed by atoms with van der Waals surface area (Å²) >= 11 is 3.48. The molecule has 0 saturated heterocycles. The van der Waals surface area contributed by atoms with Gasteiger partial charge in [-0.2, -0.15) is 0 Å². The van der Waals surface area contributed by atoms with E-state index in [0.29, 0.717) is 4.83 Å². The molecule has 0 rings (SSSR count). The molecule has 0 saturated carbocycles. The van der Waals surface area contributed by atoms with Gasteiger partial charge in [0.25, 0.3) is 0 Å². The number of amides is 1. The Morgan fingerprint density at radius 2 is 2.07 bits per heavy atom. The summed E-state index contributed by atoms with van der Waals surface area (Å²) in [4.78, 5) is 12.2. The highest BCUT2D eigenvalue weighted by molar-refractivity contribution is 9.09. The zero-order valence-electron chi connectivity index (χ0n) is 9.69. The molecule has 14 heavy (non-hydrogen) atoms. The lowest BCUT2D eigenvalue weighted by Crippen LogP contribution is -2.37. The third kappa shape index (κ3) is 5.63. The van der Waals surface area contributed by atoms with Gasteiger partial charge < -0.3 is 5.32 Å². The lowest BCUT2D eigenvalue weighted by molar-refractivity contribution is -0.129. The molecular formula is C11H22BrNO. The average molecular weight is 264 g/mol. The number of rotatable bonds is 6. The fraction of sp³-hybridized carbons (Fsp3) is 0.909. The van der Waals surface area contributed by atoms with Crippen molar-refractivity contribution < 1.29 is 4.79 Å². The molecule has 0 aromatic heterocycles. The van der Waals surface area contributed by atoms with E-state index in [1.807, 2.05) is 20.8 Å². The Labute approximate surface area is 96.0 Å². The lowest BCUT2D eigenvalue weighted by atomic mass is 9.89. The van der Waals surface area contributed by atoms with Crippen molar-refractivity contribution in [2.45, 2.75) is 51.8 Å². The Hall–Kier alpha value is -0.0500. The summed E-state index contributed by atoms with van der Waals surface area (Å²) in [6, 6.07) is 0. The van der Waals surface area contributed by atoms with E-state index in [2.05, 4.69) is 28.2 Å². The van der Waals surface area contributed by atoms with E-state index >= 15 is 0 Å². The van der Waals surface area contributed by atoms with Gasteiger partial charge in [-0.3, -0.25) is 4.79 Å². The van der Waals surface area contributed by atoms with Crippen LogP contribution in [0.1, 0.15) is 47.0 Å². The summed E-state index contributed by atoms with van der Waals surface area (Å²) < 4.78 is 0. The number of hydrogen-bond donors (Lipinski definition) is 1. The first-order valence-electron chi connectivity index (χ1n) is 5.32. The molecule has 1 unspecified atom stereocenters. The molecule has 3 heteroatoms. The van der Waals surface area contributed by atoms with Crippen LogP contribution in [0.3, 0.4) is 0 Å². The molecule has 0 bridgehead atoms. The van der Waals surface area contributed by atoms with E-state index in [4.69, 9.17) is 0 Å². The van der Waals surface area contributed by atoms with Gasteiger partial charge >= 0.3 is 0 Å². The summed E-state index contributed by atoms with van der Waals surface area (Å²) in [6.07, 6.45) is 3.03. The molecule has 0 fully saturated rings. The van der Waals surface area contributed by atoms with Crippen LogP contribution in [-0.2, 0) is 4.79 Å². The van der Waals surface area contributed by atoms with Gasteiger partial charge in [-0.25, -0.2) is 0 Å². The molecule has 2 nitrogen and oxygen atoms in total. The van der Waals surface area contributed by atoms with Gasteiger partial charge in [0.15, 0.2) is 0 Å². The molecule has 84 valence electrons. The Morgan fingerprint density at radius 3 is 2.50 bits per heavy atom. The van der Waals surface area contributed by atoms with Crippen LogP contribution < -0.4 is 5.32 Å². The van der Waals surface area contributed by atoms with Crippen LogP contribution in [0.15, 0.2) is 0 Å². The van der Waals surface area contributed by atoms with Crippen LogP contribution in [0.4, 0.5) is 0 Å². The van der Waals surface area contributed by atoms with Gasteiger partial charge in [-0.05, 0) is 19.3 Å². The number of carbonyl (C=O) groups is 1. The molecule has 1 N–H and O–H groups in total. The monoisotopic (exact) mass is 263 g/mol. The minimum absolute atomic E-state index is 0.169.